The predicted octanol–water partition coefficient (Wildman–Crippen LogP) is 3.60. The largest absolute Gasteiger partial charge is 0.355 e. The van der Waals surface area contributed by atoms with Gasteiger partial charge in [0.15, 0.2) is 0 Å². The van der Waals surface area contributed by atoms with E-state index in [-0.39, 0.29) is 11.3 Å². The molecule has 1 heterocycles. The lowest BCUT2D eigenvalue weighted by Gasteiger charge is -2.49. The fourth-order valence-electron chi connectivity index (χ4n) is 3.56. The molecule has 0 bridgehead atoms. The van der Waals surface area contributed by atoms with Gasteiger partial charge in [-0.05, 0) is 52.9 Å². The summed E-state index contributed by atoms with van der Waals surface area (Å²) in [5, 5.41) is 3.73. The summed E-state index contributed by atoms with van der Waals surface area (Å²) in [7, 11) is 0. The van der Waals surface area contributed by atoms with Crippen molar-refractivity contribution in [1.82, 2.24) is 5.32 Å². The molecule has 0 amide bonds. The van der Waals surface area contributed by atoms with E-state index in [4.69, 9.17) is 4.74 Å². The molecule has 94 valence electrons. The van der Waals surface area contributed by atoms with Crippen molar-refractivity contribution in [3.05, 3.63) is 0 Å². The normalized spacial score (nSPS) is 34.3. The van der Waals surface area contributed by atoms with Crippen molar-refractivity contribution in [2.24, 2.45) is 0 Å². The van der Waals surface area contributed by atoms with Gasteiger partial charge in [0.25, 0.3) is 0 Å². The van der Waals surface area contributed by atoms with E-state index in [1.165, 1.54) is 44.9 Å². The van der Waals surface area contributed by atoms with Gasteiger partial charge in [-0.1, -0.05) is 19.3 Å². The summed E-state index contributed by atoms with van der Waals surface area (Å²) >= 11 is 0. The van der Waals surface area contributed by atoms with Gasteiger partial charge < -0.3 is 4.74 Å². The molecule has 1 spiro atoms. The molecule has 1 saturated heterocycles. The monoisotopic (exact) mass is 225 g/mol. The maximum absolute atomic E-state index is 6.40. The zero-order valence-electron chi connectivity index (χ0n) is 11.1. The Bertz CT molecular complexity index is 229. The maximum atomic E-state index is 6.40. The third-order valence-electron chi connectivity index (χ3n) is 3.94. The third-order valence-corrected chi connectivity index (χ3v) is 3.94. The van der Waals surface area contributed by atoms with Gasteiger partial charge in [0.05, 0.1) is 5.60 Å². The van der Waals surface area contributed by atoms with Crippen LogP contribution < -0.4 is 5.32 Å². The summed E-state index contributed by atoms with van der Waals surface area (Å²) in [6, 6.07) is 0.586. The number of hydrogen-bond acceptors (Lipinski definition) is 2. The molecule has 1 aliphatic heterocycles. The first kappa shape index (κ1) is 12.4. The predicted molar refractivity (Wildman–Crippen MR) is 67.4 cm³/mol. The molecule has 2 aliphatic rings. The van der Waals surface area contributed by atoms with Crippen molar-refractivity contribution in [3.8, 4) is 0 Å². The zero-order chi connectivity index (χ0) is 11.6. The summed E-state index contributed by atoms with van der Waals surface area (Å²) < 4.78 is 6.40. The minimum absolute atomic E-state index is 0.0123. The molecule has 0 aromatic heterocycles. The molecule has 1 atom stereocenters. The molecule has 2 heteroatoms. The number of nitrogens with one attached hydrogen (secondary N) is 1. The van der Waals surface area contributed by atoms with Gasteiger partial charge in [0.2, 0.25) is 0 Å². The minimum atomic E-state index is -0.0123. The second kappa shape index (κ2) is 4.66. The fourth-order valence-corrected chi connectivity index (χ4v) is 3.56. The molecule has 0 aromatic carbocycles. The highest BCUT2D eigenvalue weighted by Gasteiger charge is 2.42. The first-order valence-corrected chi connectivity index (χ1v) is 6.99. The molecule has 2 rings (SSSR count). The molecule has 1 N–H and O–H groups in total. The summed E-state index contributed by atoms with van der Waals surface area (Å²) in [5.74, 6) is 0. The van der Waals surface area contributed by atoms with Crippen LogP contribution in [0.4, 0.5) is 0 Å². The lowest BCUT2D eigenvalue weighted by atomic mass is 9.87. The first-order chi connectivity index (χ1) is 7.52. The van der Waals surface area contributed by atoms with Gasteiger partial charge in [-0.3, -0.25) is 5.32 Å². The highest BCUT2D eigenvalue weighted by Crippen LogP contribution is 2.37. The Hall–Kier alpha value is -0.0800. The van der Waals surface area contributed by atoms with Gasteiger partial charge in [0.1, 0.15) is 5.72 Å². The Kier molecular flexibility index (Phi) is 3.60. The molecule has 1 unspecified atom stereocenters. The van der Waals surface area contributed by atoms with Crippen LogP contribution in [0.25, 0.3) is 0 Å². The molecule has 16 heavy (non-hydrogen) atoms. The molecule has 0 aromatic rings. The highest BCUT2D eigenvalue weighted by atomic mass is 16.5. The maximum Gasteiger partial charge on any atom is 0.120 e. The minimum Gasteiger partial charge on any atom is -0.355 e. The molecule has 1 saturated carbocycles. The van der Waals surface area contributed by atoms with Crippen LogP contribution in [0.2, 0.25) is 0 Å². The molecule has 2 nitrogen and oxygen atoms in total. The van der Waals surface area contributed by atoms with Crippen LogP contribution in [0.1, 0.15) is 72.1 Å². The summed E-state index contributed by atoms with van der Waals surface area (Å²) in [6.07, 6.45) is 10.3. The van der Waals surface area contributed by atoms with E-state index in [0.717, 1.165) is 6.42 Å². The first-order valence-electron chi connectivity index (χ1n) is 6.99. The highest BCUT2D eigenvalue weighted by molar-refractivity contribution is 4.92. The van der Waals surface area contributed by atoms with Crippen LogP contribution in [0.3, 0.4) is 0 Å². The molecular weight excluding hydrogens is 198 g/mol. The van der Waals surface area contributed by atoms with Crippen molar-refractivity contribution in [3.63, 3.8) is 0 Å². The molecule has 2 fully saturated rings. The quantitative estimate of drug-likeness (QED) is 0.680. The van der Waals surface area contributed by atoms with E-state index in [1.807, 2.05) is 0 Å². The van der Waals surface area contributed by atoms with Crippen molar-refractivity contribution in [1.29, 1.82) is 0 Å². The number of ether oxygens (including phenoxy) is 1. The molecular formula is C14H27NO. The number of rotatable bonds is 0. The summed E-state index contributed by atoms with van der Waals surface area (Å²) in [6.45, 7) is 6.78. The summed E-state index contributed by atoms with van der Waals surface area (Å²) in [4.78, 5) is 0. The number of hydrogen-bond donors (Lipinski definition) is 1. The zero-order valence-corrected chi connectivity index (χ0v) is 11.1. The average Bonchev–Trinajstić information content (AvgIpc) is 2.09. The SMILES string of the molecule is CC1CC(C)(C)OC2(CCCCCCC2)N1. The Morgan fingerprint density at radius 3 is 2.12 bits per heavy atom. The standard InChI is InChI=1S/C14H27NO/c1-12-11-13(2,3)16-14(15-12)9-7-5-4-6-8-10-14/h12,15H,4-11H2,1-3H3. The van der Waals surface area contributed by atoms with Crippen molar-refractivity contribution >= 4 is 0 Å². The Morgan fingerprint density at radius 2 is 1.56 bits per heavy atom. The Balaban J connectivity index is 2.08. The topological polar surface area (TPSA) is 21.3 Å². The molecule has 0 radical (unpaired) electrons. The van der Waals surface area contributed by atoms with Crippen LogP contribution >= 0.6 is 0 Å². The van der Waals surface area contributed by atoms with Crippen LogP contribution in [-0.4, -0.2) is 17.4 Å². The van der Waals surface area contributed by atoms with Gasteiger partial charge >= 0.3 is 0 Å². The van der Waals surface area contributed by atoms with E-state index < -0.39 is 0 Å². The lowest BCUT2D eigenvalue weighted by Crippen LogP contribution is -2.61. The lowest BCUT2D eigenvalue weighted by molar-refractivity contribution is -0.205. The van der Waals surface area contributed by atoms with Gasteiger partial charge in [0, 0.05) is 6.04 Å². The van der Waals surface area contributed by atoms with Crippen molar-refractivity contribution in [2.75, 3.05) is 0 Å². The molecule has 1 aliphatic carbocycles. The Morgan fingerprint density at radius 1 is 1.00 bits per heavy atom. The second-order valence-corrected chi connectivity index (χ2v) is 6.37. The fraction of sp³-hybridized carbons (Fsp3) is 1.00. The van der Waals surface area contributed by atoms with Gasteiger partial charge in [-0.25, -0.2) is 0 Å². The van der Waals surface area contributed by atoms with Crippen LogP contribution in [0, 0.1) is 0 Å². The smallest absolute Gasteiger partial charge is 0.120 e. The van der Waals surface area contributed by atoms with E-state index >= 15 is 0 Å². The van der Waals surface area contributed by atoms with E-state index in [1.54, 1.807) is 0 Å². The van der Waals surface area contributed by atoms with Crippen LogP contribution in [-0.2, 0) is 4.74 Å². The van der Waals surface area contributed by atoms with E-state index in [0.29, 0.717) is 6.04 Å². The second-order valence-electron chi connectivity index (χ2n) is 6.37. The van der Waals surface area contributed by atoms with Crippen molar-refractivity contribution < 1.29 is 4.74 Å². The van der Waals surface area contributed by atoms with E-state index in [2.05, 4.69) is 26.1 Å². The van der Waals surface area contributed by atoms with Crippen molar-refractivity contribution in [2.45, 2.75) is 89.5 Å². The van der Waals surface area contributed by atoms with Crippen LogP contribution in [0.15, 0.2) is 0 Å². The van der Waals surface area contributed by atoms with Gasteiger partial charge in [-0.2, -0.15) is 0 Å². The van der Waals surface area contributed by atoms with Crippen LogP contribution in [0.5, 0.6) is 0 Å². The summed E-state index contributed by atoms with van der Waals surface area (Å²) in [5.41, 5.74) is 0.0332. The third kappa shape index (κ3) is 2.98. The Labute approximate surface area is 100 Å². The van der Waals surface area contributed by atoms with E-state index in [9.17, 15) is 0 Å². The van der Waals surface area contributed by atoms with Gasteiger partial charge in [-0.15, -0.1) is 0 Å². The average molecular weight is 225 g/mol.